The van der Waals surface area contributed by atoms with Crippen molar-refractivity contribution in [2.24, 2.45) is 0 Å². The van der Waals surface area contributed by atoms with E-state index in [2.05, 4.69) is 0 Å². The van der Waals surface area contributed by atoms with Crippen LogP contribution in [0.4, 0.5) is 4.39 Å². The molecule has 548 valence electrons. The Morgan fingerprint density at radius 2 is 0.521 bits per heavy atom. The zero-order valence-electron chi connectivity index (χ0n) is 49.1. The highest BCUT2D eigenvalue weighted by molar-refractivity contribution is 5.00. The van der Waals surface area contributed by atoms with E-state index in [4.69, 9.17) is 80.5 Å². The molecule has 94 heavy (non-hydrogen) atoms. The molecule has 0 amide bonds. The van der Waals surface area contributed by atoms with Gasteiger partial charge >= 0.3 is 0 Å². The summed E-state index contributed by atoms with van der Waals surface area (Å²) < 4.78 is 111. The van der Waals surface area contributed by atoms with Crippen LogP contribution in [0, 0.1) is 0 Å². The molecule has 0 aromatic rings. The lowest BCUT2D eigenvalue weighted by Gasteiger charge is -2.49. The van der Waals surface area contributed by atoms with Crippen molar-refractivity contribution in [2.45, 2.75) is 258 Å². The van der Waals surface area contributed by atoms with Crippen LogP contribution in [0.1, 0.15) is 0 Å². The molecule has 0 aromatic carbocycles. The Kier molecular flexibility index (Phi) is 26.8. The maximum absolute atomic E-state index is 14.6. The molecule has 9 aliphatic rings. The molecule has 0 radical (unpaired) electrons. The standard InChI is InChI=1S/C51H85FO42/c52-43-31(71)28(68)38(15(3-55)84-43)90-48-36(76)29(69)40(18(88-48)9-83-51-42(21(61)12(58)6-80-51)94-46-34(74)26(66)23(63)14(2-54)86-46)92-49-37(77)30(70)39(91-47-35(75)27(67)24(64)16(87-47)7-81-44-32(72)19(59)10(56)4-78-44)17(89-49)8-82-50-41(20(60)11(57)5-79-50)93-45-33(73)25(65)22(62)13(1-53)85-45/h10-51,53-77H,1-9H2/t10-,11-,12-,13-,14-,15-,16-,17-,18-,19+,20+,21+,22+,23+,24-,25+,26+,27+,28-,29-,30-,31-,32-,33-,34-,35-,36-,37-,38-,39+,40+,41-,42-,43+,44-,45+,46+,47+,48+,49+,50-,51-/m1/s1. The largest absolute Gasteiger partial charge is 0.394 e. The second-order valence-electron chi connectivity index (χ2n) is 23.9. The van der Waals surface area contributed by atoms with E-state index in [1.165, 1.54) is 0 Å². The Labute approximate surface area is 529 Å². The summed E-state index contributed by atoms with van der Waals surface area (Å²) in [5.41, 5.74) is 0. The van der Waals surface area contributed by atoms with Gasteiger partial charge in [0.15, 0.2) is 50.3 Å². The highest BCUT2D eigenvalue weighted by atomic mass is 19.1. The van der Waals surface area contributed by atoms with Crippen molar-refractivity contribution >= 4 is 0 Å². The number of aliphatic hydroxyl groups is 25. The van der Waals surface area contributed by atoms with Crippen LogP contribution in [0.2, 0.25) is 0 Å². The van der Waals surface area contributed by atoms with Crippen LogP contribution in [-0.2, 0) is 80.5 Å². The second-order valence-corrected chi connectivity index (χ2v) is 23.9. The Hall–Kier alpha value is -1.75. The van der Waals surface area contributed by atoms with Gasteiger partial charge in [0.05, 0.1) is 59.5 Å². The van der Waals surface area contributed by atoms with Gasteiger partial charge in [0.2, 0.25) is 6.36 Å². The summed E-state index contributed by atoms with van der Waals surface area (Å²) in [7, 11) is 0. The average molecular weight is 1390 g/mol. The lowest BCUT2D eigenvalue weighted by atomic mass is 9.95. The van der Waals surface area contributed by atoms with Crippen molar-refractivity contribution in [1.29, 1.82) is 0 Å². The normalized spacial score (nSPS) is 53.9. The molecule has 9 saturated heterocycles. The summed E-state index contributed by atoms with van der Waals surface area (Å²) in [4.78, 5) is 0. The van der Waals surface area contributed by atoms with Crippen molar-refractivity contribution in [3.63, 3.8) is 0 Å². The quantitative estimate of drug-likeness (QED) is 0.0479. The van der Waals surface area contributed by atoms with Gasteiger partial charge < -0.3 is 208 Å². The molecule has 9 aliphatic heterocycles. The fraction of sp³-hybridized carbons (Fsp3) is 1.00. The summed E-state index contributed by atoms with van der Waals surface area (Å²) in [5.74, 6) is 0. The van der Waals surface area contributed by atoms with E-state index in [-0.39, 0.29) is 0 Å². The van der Waals surface area contributed by atoms with Crippen molar-refractivity contribution in [2.75, 3.05) is 59.5 Å². The molecule has 25 N–H and O–H groups in total. The number of rotatable bonds is 22. The van der Waals surface area contributed by atoms with E-state index in [9.17, 15) is 132 Å². The lowest BCUT2D eigenvalue weighted by molar-refractivity contribution is -0.396. The lowest BCUT2D eigenvalue weighted by Crippen LogP contribution is -2.68. The van der Waals surface area contributed by atoms with Crippen LogP contribution < -0.4 is 0 Å². The number of hydrogen-bond donors (Lipinski definition) is 25. The molecular weight excluding hydrogens is 1300 g/mol. The highest BCUT2D eigenvalue weighted by Crippen LogP contribution is 2.38. The molecular formula is C51H85FO42. The molecule has 0 unspecified atom stereocenters. The number of halogens is 1. The maximum atomic E-state index is 14.6. The van der Waals surface area contributed by atoms with Crippen molar-refractivity contribution in [3.8, 4) is 0 Å². The number of ether oxygens (including phenoxy) is 17. The van der Waals surface area contributed by atoms with Crippen LogP contribution in [0.3, 0.4) is 0 Å². The summed E-state index contributed by atoms with van der Waals surface area (Å²) in [6, 6.07) is 0. The molecule has 0 aliphatic carbocycles. The third-order valence-corrected chi connectivity index (χ3v) is 17.5. The number of alkyl halides is 1. The minimum absolute atomic E-state index is 0.538. The zero-order valence-corrected chi connectivity index (χ0v) is 49.1. The molecule has 0 saturated carbocycles. The predicted molar refractivity (Wildman–Crippen MR) is 278 cm³/mol. The summed E-state index contributed by atoms with van der Waals surface area (Å²) in [5, 5.41) is 270. The Morgan fingerprint density at radius 1 is 0.245 bits per heavy atom. The fourth-order valence-corrected chi connectivity index (χ4v) is 11.8. The van der Waals surface area contributed by atoms with E-state index in [0.29, 0.717) is 0 Å². The highest BCUT2D eigenvalue weighted by Gasteiger charge is 2.58. The predicted octanol–water partition coefficient (Wildman–Crippen LogP) is -17.7. The topological polar surface area (TPSA) is 663 Å². The summed E-state index contributed by atoms with van der Waals surface area (Å²) >= 11 is 0. The van der Waals surface area contributed by atoms with Gasteiger partial charge in [-0.1, -0.05) is 0 Å². The van der Waals surface area contributed by atoms with Crippen LogP contribution in [0.15, 0.2) is 0 Å². The van der Waals surface area contributed by atoms with Crippen molar-refractivity contribution in [1.82, 2.24) is 0 Å². The second kappa shape index (κ2) is 32.9. The molecule has 0 bridgehead atoms. The molecule has 9 fully saturated rings. The van der Waals surface area contributed by atoms with Gasteiger partial charge in [0.25, 0.3) is 0 Å². The van der Waals surface area contributed by atoms with E-state index < -0.39 is 318 Å². The molecule has 0 spiro atoms. The minimum Gasteiger partial charge on any atom is -0.394 e. The SMILES string of the molecule is OC[C@H]1O[C@@H](O[C@H]2[C@@H](OC[C@H]3O[C@@H](O[C@@H]4[C@H](O)[C@@H](O)[C@H](O[C@H]5[C@H](O)[C@@H](O)[C@@H](F)O[C@@H]5CO)O[C@@H]4CO[C@H]4OC[C@@H](O)[C@H](O)[C@H]4O[C@@H]4O[C@H](CO)[C@H](O)[C@H](O)[C@H]4O)[C@H](O)[C@@H](O)[C@H]3O[C@@H]3O[C@H](CO[C@H]4OC[C@@H](O)[C@H](O)[C@H]4O)[C@@H](O)[C@H](O)[C@H]3O)OC[C@@H](O)[C@@H]2O)[C@H](O)[C@@H](O)[C@H]1O. The van der Waals surface area contributed by atoms with Gasteiger partial charge in [-0.05, 0) is 0 Å². The summed E-state index contributed by atoms with van der Waals surface area (Å²) in [6.07, 6.45) is -85.9. The van der Waals surface area contributed by atoms with Gasteiger partial charge in [-0.3, -0.25) is 0 Å². The monoisotopic (exact) mass is 1390 g/mol. The van der Waals surface area contributed by atoms with E-state index in [1.807, 2.05) is 0 Å². The molecule has 43 heteroatoms. The number of hydrogen-bond acceptors (Lipinski definition) is 42. The first-order chi connectivity index (χ1) is 44.5. The van der Waals surface area contributed by atoms with Crippen molar-refractivity contribution < 1.29 is 213 Å². The van der Waals surface area contributed by atoms with Gasteiger partial charge in [-0.25, -0.2) is 4.39 Å². The van der Waals surface area contributed by atoms with E-state index in [0.717, 1.165) is 0 Å². The molecule has 42 atom stereocenters. The molecule has 0 aromatic heterocycles. The van der Waals surface area contributed by atoms with Crippen LogP contribution in [-0.4, -0.2) is 445 Å². The van der Waals surface area contributed by atoms with E-state index in [1.54, 1.807) is 0 Å². The molecule has 9 rings (SSSR count). The van der Waals surface area contributed by atoms with Crippen LogP contribution in [0.25, 0.3) is 0 Å². The Morgan fingerprint density at radius 3 is 0.915 bits per heavy atom. The van der Waals surface area contributed by atoms with Crippen LogP contribution >= 0.6 is 0 Å². The van der Waals surface area contributed by atoms with E-state index >= 15 is 0 Å². The Balaban J connectivity index is 1.00. The molecule has 42 nitrogen and oxygen atoms in total. The number of aliphatic hydroxyl groups excluding tert-OH is 25. The van der Waals surface area contributed by atoms with Crippen LogP contribution in [0.5, 0.6) is 0 Å². The van der Waals surface area contributed by atoms with Gasteiger partial charge in [0, 0.05) is 0 Å². The minimum atomic E-state index is -2.59. The fourth-order valence-electron chi connectivity index (χ4n) is 11.8. The Bertz CT molecular complexity index is 2300. The van der Waals surface area contributed by atoms with Gasteiger partial charge in [-0.2, -0.15) is 0 Å². The average Bonchev–Trinajstić information content (AvgIpc) is 0.785. The summed E-state index contributed by atoms with van der Waals surface area (Å²) in [6.45, 7) is -7.97. The first-order valence-corrected chi connectivity index (χ1v) is 29.9. The molecule has 9 heterocycles. The first-order valence-electron chi connectivity index (χ1n) is 29.9. The first kappa shape index (κ1) is 76.4. The zero-order chi connectivity index (χ0) is 68.6. The van der Waals surface area contributed by atoms with Crippen molar-refractivity contribution in [3.05, 3.63) is 0 Å². The smallest absolute Gasteiger partial charge is 0.228 e. The third kappa shape index (κ3) is 16.3. The third-order valence-electron chi connectivity index (χ3n) is 17.5. The maximum Gasteiger partial charge on any atom is 0.228 e. The van der Waals surface area contributed by atoms with Gasteiger partial charge in [-0.15, -0.1) is 0 Å². The van der Waals surface area contributed by atoms with Gasteiger partial charge in [0.1, 0.15) is 201 Å².